The van der Waals surface area contributed by atoms with Crippen molar-refractivity contribution in [3.8, 4) is 11.1 Å². The Morgan fingerprint density at radius 2 is 0.761 bits per heavy atom. The van der Waals surface area contributed by atoms with Crippen molar-refractivity contribution in [1.82, 2.24) is 0 Å². The first kappa shape index (κ1) is 46.1. The third kappa shape index (κ3) is 7.82. The third-order valence-electron chi connectivity index (χ3n) is 16.2. The largest absolute Gasteiger partial charge is 0.311 e. The van der Waals surface area contributed by atoms with Crippen molar-refractivity contribution < 1.29 is 0 Å². The molecule has 0 saturated carbocycles. The minimum atomic E-state index is -0.256. The smallest absolute Gasteiger partial charge is 0.252 e. The first-order valence-corrected chi connectivity index (χ1v) is 25.5. The van der Waals surface area contributed by atoms with E-state index in [0.717, 1.165) is 5.69 Å². The molecule has 0 spiro atoms. The van der Waals surface area contributed by atoms with Crippen molar-refractivity contribution in [2.24, 2.45) is 0 Å². The topological polar surface area (TPSA) is 6.48 Å². The lowest BCUT2D eigenvalue weighted by molar-refractivity contribution is 0.590. The molecule has 9 aromatic carbocycles. The van der Waals surface area contributed by atoms with Crippen LogP contribution in [0.1, 0.15) is 107 Å². The highest BCUT2D eigenvalue weighted by Crippen LogP contribution is 2.49. The van der Waals surface area contributed by atoms with Gasteiger partial charge in [-0.2, -0.15) is 0 Å². The Bertz CT molecular complexity index is 3420. The fourth-order valence-corrected chi connectivity index (χ4v) is 11.6. The van der Waals surface area contributed by atoms with Gasteiger partial charge in [-0.05, 0) is 127 Å². The van der Waals surface area contributed by atoms with Crippen LogP contribution in [0.4, 0.5) is 34.1 Å². The molecule has 2 aliphatic heterocycles. The van der Waals surface area contributed by atoms with Crippen LogP contribution in [0, 0.1) is 6.92 Å². The van der Waals surface area contributed by atoms with Gasteiger partial charge in [0.2, 0.25) is 0 Å². The molecule has 9 aromatic rings. The molecule has 0 aromatic heterocycles. The summed E-state index contributed by atoms with van der Waals surface area (Å²) >= 11 is 0. The van der Waals surface area contributed by atoms with E-state index < -0.39 is 0 Å². The maximum Gasteiger partial charge on any atom is 0.252 e. The lowest BCUT2D eigenvalue weighted by atomic mass is 9.33. The van der Waals surface area contributed by atoms with Gasteiger partial charge >= 0.3 is 0 Å². The summed E-state index contributed by atoms with van der Waals surface area (Å²) in [5, 5.41) is 0. The summed E-state index contributed by atoms with van der Waals surface area (Å²) in [5.74, 6) is 0. The zero-order chi connectivity index (χ0) is 49.5. The van der Waals surface area contributed by atoms with E-state index in [-0.39, 0.29) is 28.4 Å². The fourth-order valence-electron chi connectivity index (χ4n) is 11.6. The summed E-state index contributed by atoms with van der Waals surface area (Å²) in [6.45, 7) is 23.4. The van der Waals surface area contributed by atoms with Gasteiger partial charge < -0.3 is 9.80 Å². The van der Waals surface area contributed by atoms with Gasteiger partial charge in [0.05, 0.1) is 5.69 Å². The summed E-state index contributed by atoms with van der Waals surface area (Å²) in [6.07, 6.45) is 0. The van der Waals surface area contributed by atoms with Gasteiger partial charge in [-0.15, -0.1) is 0 Å². The molecule has 0 saturated heterocycles. The Hall–Kier alpha value is -7.36. The molecule has 0 fully saturated rings. The summed E-state index contributed by atoms with van der Waals surface area (Å²) in [5.41, 5.74) is 23.2. The second-order valence-corrected chi connectivity index (χ2v) is 22.7. The molecule has 0 radical (unpaired) electrons. The van der Waals surface area contributed by atoms with Gasteiger partial charge in [-0.25, -0.2) is 0 Å². The summed E-state index contributed by atoms with van der Waals surface area (Å²) < 4.78 is 0. The molecule has 2 heterocycles. The van der Waals surface area contributed by atoms with Crippen molar-refractivity contribution in [2.45, 2.75) is 90.9 Å². The van der Waals surface area contributed by atoms with E-state index in [1.807, 2.05) is 0 Å². The van der Waals surface area contributed by atoms with Crippen LogP contribution in [0.5, 0.6) is 0 Å². The number of hydrogen-bond donors (Lipinski definition) is 0. The van der Waals surface area contributed by atoms with Gasteiger partial charge in [0.25, 0.3) is 6.71 Å². The number of nitrogens with zero attached hydrogens (tertiary/aromatic N) is 2. The fraction of sp³-hybridized carbons (Fsp3) is 0.206. The average molecular weight is 921 g/mol. The molecule has 350 valence electrons. The van der Waals surface area contributed by atoms with Crippen molar-refractivity contribution in [2.75, 3.05) is 9.80 Å². The van der Waals surface area contributed by atoms with Crippen LogP contribution in [0.15, 0.2) is 212 Å². The standard InChI is InChI=1S/C68H65BN2/c1-46-41-62-64-63(42-46)71(59-39-34-52(65(2,3)4)43-56(59)47-23-15-11-16-24-47)61-45-54(68(9,10)50-29-21-14-22-30-50)33-38-57(61)69(64)58-44-53(67(7,8)49-27-19-13-20-28-49)35-40-60(58)70(62)55-36-31-51(32-37-55)66(5,6)48-25-17-12-18-26-48/h11-45H,1-10H3. The number of fused-ring (bicyclic) bond motifs is 4. The monoisotopic (exact) mass is 921 g/mol. The van der Waals surface area contributed by atoms with Crippen LogP contribution >= 0.6 is 0 Å². The van der Waals surface area contributed by atoms with Crippen LogP contribution in [0.25, 0.3) is 11.1 Å². The minimum Gasteiger partial charge on any atom is -0.311 e. The number of anilines is 6. The predicted molar refractivity (Wildman–Crippen MR) is 305 cm³/mol. The molecule has 0 N–H and O–H groups in total. The Balaban J connectivity index is 1.21. The molecule has 2 aliphatic rings. The zero-order valence-electron chi connectivity index (χ0n) is 43.2. The third-order valence-corrected chi connectivity index (χ3v) is 16.2. The van der Waals surface area contributed by atoms with Gasteiger partial charge in [-0.3, -0.25) is 0 Å². The van der Waals surface area contributed by atoms with Crippen LogP contribution in [0.2, 0.25) is 0 Å². The van der Waals surface area contributed by atoms with Crippen LogP contribution in [-0.4, -0.2) is 6.71 Å². The molecule has 0 unspecified atom stereocenters. The summed E-state index contributed by atoms with van der Waals surface area (Å²) in [6, 6.07) is 80.2. The SMILES string of the molecule is Cc1cc2c3c(c1)N(c1ccc(C(C)(C)C)cc1-c1ccccc1)c1cc(C(C)(C)c4ccccc4)ccc1B3c1cc(C(C)(C)c3ccccc3)ccc1N2c1ccc(C(C)(C)c2ccccc2)cc1. The highest BCUT2D eigenvalue weighted by molar-refractivity contribution is 7.00. The molecule has 0 atom stereocenters. The predicted octanol–water partition coefficient (Wildman–Crippen LogP) is 16.0. The summed E-state index contributed by atoms with van der Waals surface area (Å²) in [4.78, 5) is 5.19. The van der Waals surface area contributed by atoms with Crippen LogP contribution in [0.3, 0.4) is 0 Å². The lowest BCUT2D eigenvalue weighted by Crippen LogP contribution is -2.61. The number of aryl methyl sites for hydroxylation is 1. The number of benzene rings is 9. The Kier molecular flexibility index (Phi) is 11.2. The van der Waals surface area contributed by atoms with Gasteiger partial charge in [0.15, 0.2) is 0 Å². The normalized spacial score (nSPS) is 13.4. The van der Waals surface area contributed by atoms with Crippen molar-refractivity contribution in [3.05, 3.63) is 257 Å². The highest BCUT2D eigenvalue weighted by Gasteiger charge is 2.45. The quantitative estimate of drug-likeness (QED) is 0.133. The zero-order valence-corrected chi connectivity index (χ0v) is 43.2. The maximum absolute atomic E-state index is 2.63. The van der Waals surface area contributed by atoms with Crippen molar-refractivity contribution >= 4 is 57.2 Å². The molecule has 3 heteroatoms. The Labute approximate surface area is 423 Å². The highest BCUT2D eigenvalue weighted by atomic mass is 15.2. The molecular formula is C68H65BN2. The van der Waals surface area contributed by atoms with Crippen molar-refractivity contribution in [3.63, 3.8) is 0 Å². The summed E-state index contributed by atoms with van der Waals surface area (Å²) in [7, 11) is 0. The molecule has 71 heavy (non-hydrogen) atoms. The van der Waals surface area contributed by atoms with Gasteiger partial charge in [0, 0.05) is 50.2 Å². The second kappa shape index (κ2) is 17.2. The molecule has 0 bridgehead atoms. The van der Waals surface area contributed by atoms with E-state index >= 15 is 0 Å². The molecular weight excluding hydrogens is 856 g/mol. The van der Waals surface area contributed by atoms with Gasteiger partial charge in [0.1, 0.15) is 0 Å². The van der Waals surface area contributed by atoms with E-state index in [2.05, 4.69) is 291 Å². The molecule has 2 nitrogen and oxygen atoms in total. The van der Waals surface area contributed by atoms with E-state index in [9.17, 15) is 0 Å². The molecule has 0 aliphatic carbocycles. The van der Waals surface area contributed by atoms with E-state index in [1.54, 1.807) is 0 Å². The van der Waals surface area contributed by atoms with Crippen LogP contribution in [-0.2, 0) is 21.7 Å². The first-order valence-electron chi connectivity index (χ1n) is 25.5. The Morgan fingerprint density at radius 3 is 1.31 bits per heavy atom. The van der Waals surface area contributed by atoms with E-state index in [4.69, 9.17) is 0 Å². The average Bonchev–Trinajstić information content (AvgIpc) is 3.39. The molecule has 0 amide bonds. The minimum absolute atomic E-state index is 0.0381. The Morgan fingerprint density at radius 1 is 0.324 bits per heavy atom. The number of rotatable bonds is 9. The van der Waals surface area contributed by atoms with Crippen molar-refractivity contribution in [1.29, 1.82) is 0 Å². The van der Waals surface area contributed by atoms with Gasteiger partial charge in [-0.1, -0.05) is 226 Å². The van der Waals surface area contributed by atoms with Crippen LogP contribution < -0.4 is 26.2 Å². The maximum atomic E-state index is 2.63. The number of hydrogen-bond acceptors (Lipinski definition) is 2. The van der Waals surface area contributed by atoms with E-state index in [0.29, 0.717) is 0 Å². The second-order valence-electron chi connectivity index (χ2n) is 22.7. The first-order chi connectivity index (χ1) is 34.0. The molecule has 11 rings (SSSR count). The lowest BCUT2D eigenvalue weighted by Gasteiger charge is -2.45. The van der Waals surface area contributed by atoms with E-state index in [1.165, 1.54) is 100 Å².